The number of hydrogen-bond donors (Lipinski definition) is 1. The average Bonchev–Trinajstić information content (AvgIpc) is 2.99. The summed E-state index contributed by atoms with van der Waals surface area (Å²) in [7, 11) is 0. The highest BCUT2D eigenvalue weighted by atomic mass is 16.5. The summed E-state index contributed by atoms with van der Waals surface area (Å²) < 4.78 is 6.19. The number of piperidine rings is 1. The second-order valence-corrected chi connectivity index (χ2v) is 7.48. The molecule has 0 aromatic heterocycles. The fourth-order valence-electron chi connectivity index (χ4n) is 4.54. The quantitative estimate of drug-likeness (QED) is 0.808. The molecular weight excluding hydrogens is 334 g/mol. The minimum atomic E-state index is -0.901. The van der Waals surface area contributed by atoms with Crippen LogP contribution in [0.2, 0.25) is 0 Å². The van der Waals surface area contributed by atoms with Gasteiger partial charge in [0.1, 0.15) is 11.7 Å². The summed E-state index contributed by atoms with van der Waals surface area (Å²) in [5.74, 6) is -1.30. The van der Waals surface area contributed by atoms with Crippen molar-refractivity contribution in [2.45, 2.75) is 37.8 Å². The Morgan fingerprint density at radius 2 is 2.08 bits per heavy atom. The van der Waals surface area contributed by atoms with Crippen LogP contribution in [0.25, 0.3) is 0 Å². The number of carbonyl (C=O) groups excluding carboxylic acids is 3. The first kappa shape index (κ1) is 16.9. The zero-order valence-corrected chi connectivity index (χ0v) is 14.8. The topological polar surface area (TPSA) is 92.9 Å². The van der Waals surface area contributed by atoms with E-state index in [1.165, 1.54) is 0 Å². The van der Waals surface area contributed by atoms with Crippen LogP contribution in [0, 0.1) is 5.92 Å². The minimum Gasteiger partial charge on any atom is -0.468 e. The van der Waals surface area contributed by atoms with Crippen molar-refractivity contribution in [1.82, 2.24) is 9.80 Å². The third kappa shape index (κ3) is 2.53. The molecule has 3 atom stereocenters. The van der Waals surface area contributed by atoms with E-state index in [9.17, 15) is 14.4 Å². The van der Waals surface area contributed by atoms with Gasteiger partial charge in [0.2, 0.25) is 17.7 Å². The van der Waals surface area contributed by atoms with Gasteiger partial charge in [0.15, 0.2) is 5.72 Å². The van der Waals surface area contributed by atoms with Crippen molar-refractivity contribution in [3.8, 4) is 5.75 Å². The molecule has 3 heterocycles. The first-order chi connectivity index (χ1) is 12.4. The largest absolute Gasteiger partial charge is 0.468 e. The van der Waals surface area contributed by atoms with Gasteiger partial charge in [-0.2, -0.15) is 0 Å². The van der Waals surface area contributed by atoms with Crippen molar-refractivity contribution in [3.63, 3.8) is 0 Å². The molecule has 1 aromatic rings. The molecule has 4 rings (SSSR count). The molecule has 0 radical (unpaired) electrons. The standard InChI is InChI=1S/C19H23N3O4/c1-19-11-13(12-5-2-3-6-14(12)26-19)16(17(20)24)18(25)22(19)10-9-21-8-4-7-15(21)23/h2-3,5-6,13,16H,4,7-11H2,1H3,(H2,20,24)/t13-,16+,19-/m0/s1. The molecule has 0 spiro atoms. The number of para-hydroxylation sites is 1. The summed E-state index contributed by atoms with van der Waals surface area (Å²) in [5, 5.41) is 0. The number of likely N-dealkylation sites (tertiary alicyclic amines) is 2. The van der Waals surface area contributed by atoms with Gasteiger partial charge in [-0.25, -0.2) is 0 Å². The van der Waals surface area contributed by atoms with Crippen LogP contribution in [0.5, 0.6) is 5.75 Å². The highest BCUT2D eigenvalue weighted by Gasteiger charge is 2.55. The third-order valence-electron chi connectivity index (χ3n) is 5.82. The van der Waals surface area contributed by atoms with Crippen molar-refractivity contribution >= 4 is 17.7 Å². The van der Waals surface area contributed by atoms with E-state index in [-0.39, 0.29) is 17.7 Å². The van der Waals surface area contributed by atoms with E-state index in [1.54, 1.807) is 9.80 Å². The van der Waals surface area contributed by atoms with E-state index in [2.05, 4.69) is 0 Å². The summed E-state index contributed by atoms with van der Waals surface area (Å²) in [5.41, 5.74) is 5.62. The van der Waals surface area contributed by atoms with Crippen LogP contribution in [0.3, 0.4) is 0 Å². The zero-order valence-electron chi connectivity index (χ0n) is 14.8. The Balaban J connectivity index is 1.66. The number of hydrogen-bond acceptors (Lipinski definition) is 4. The van der Waals surface area contributed by atoms with Crippen LogP contribution in [-0.4, -0.2) is 52.9 Å². The number of fused-ring (bicyclic) bond motifs is 4. The van der Waals surface area contributed by atoms with Crippen LogP contribution in [0.4, 0.5) is 0 Å². The van der Waals surface area contributed by atoms with Gasteiger partial charge in [-0.05, 0) is 25.0 Å². The monoisotopic (exact) mass is 357 g/mol. The molecule has 26 heavy (non-hydrogen) atoms. The van der Waals surface area contributed by atoms with Crippen LogP contribution in [0.15, 0.2) is 24.3 Å². The first-order valence-corrected chi connectivity index (χ1v) is 9.07. The van der Waals surface area contributed by atoms with Gasteiger partial charge in [0.05, 0.1) is 0 Å². The second-order valence-electron chi connectivity index (χ2n) is 7.48. The number of benzene rings is 1. The second kappa shape index (κ2) is 6.00. The first-order valence-electron chi connectivity index (χ1n) is 9.07. The van der Waals surface area contributed by atoms with Crippen molar-refractivity contribution in [2.24, 2.45) is 11.7 Å². The minimum absolute atomic E-state index is 0.110. The lowest BCUT2D eigenvalue weighted by atomic mass is 9.73. The molecule has 7 heteroatoms. The lowest BCUT2D eigenvalue weighted by molar-refractivity contribution is -0.176. The Morgan fingerprint density at radius 3 is 2.77 bits per heavy atom. The Kier molecular flexibility index (Phi) is 3.89. The van der Waals surface area contributed by atoms with E-state index >= 15 is 0 Å². The molecule has 2 fully saturated rings. The number of nitrogens with two attached hydrogens (primary N) is 1. The van der Waals surface area contributed by atoms with Gasteiger partial charge in [-0.3, -0.25) is 14.4 Å². The summed E-state index contributed by atoms with van der Waals surface area (Å²) in [4.78, 5) is 40.5. The molecule has 3 aliphatic rings. The summed E-state index contributed by atoms with van der Waals surface area (Å²) in [6, 6.07) is 7.49. The molecule has 3 amide bonds. The molecular formula is C19H23N3O4. The van der Waals surface area contributed by atoms with Crippen molar-refractivity contribution in [3.05, 3.63) is 29.8 Å². The summed E-state index contributed by atoms with van der Waals surface area (Å²) in [6.07, 6.45) is 1.91. The van der Waals surface area contributed by atoms with Crippen LogP contribution >= 0.6 is 0 Å². The zero-order chi connectivity index (χ0) is 18.5. The lowest BCUT2D eigenvalue weighted by Gasteiger charge is -2.52. The summed E-state index contributed by atoms with van der Waals surface area (Å²) >= 11 is 0. The Labute approximate surface area is 152 Å². The number of ether oxygens (including phenoxy) is 1. The van der Waals surface area contributed by atoms with Crippen LogP contribution < -0.4 is 10.5 Å². The molecule has 2 saturated heterocycles. The van der Waals surface area contributed by atoms with Crippen molar-refractivity contribution in [2.75, 3.05) is 19.6 Å². The molecule has 0 unspecified atom stereocenters. The van der Waals surface area contributed by atoms with Crippen LogP contribution in [-0.2, 0) is 14.4 Å². The van der Waals surface area contributed by atoms with Gasteiger partial charge in [0.25, 0.3) is 0 Å². The molecule has 138 valence electrons. The smallest absolute Gasteiger partial charge is 0.238 e. The molecule has 2 bridgehead atoms. The van der Waals surface area contributed by atoms with Gasteiger partial charge in [-0.15, -0.1) is 0 Å². The third-order valence-corrected chi connectivity index (χ3v) is 5.82. The Hall–Kier alpha value is -2.57. The van der Waals surface area contributed by atoms with E-state index in [1.807, 2.05) is 31.2 Å². The van der Waals surface area contributed by atoms with Gasteiger partial charge >= 0.3 is 0 Å². The number of carbonyl (C=O) groups is 3. The average molecular weight is 357 g/mol. The van der Waals surface area contributed by atoms with Gasteiger partial charge in [0, 0.05) is 38.4 Å². The highest BCUT2D eigenvalue weighted by molar-refractivity contribution is 6.01. The predicted octanol–water partition coefficient (Wildman–Crippen LogP) is 0.835. The summed E-state index contributed by atoms with van der Waals surface area (Å²) in [6.45, 7) is 3.36. The Bertz CT molecular complexity index is 780. The maximum absolute atomic E-state index is 13.1. The van der Waals surface area contributed by atoms with Crippen LogP contribution in [0.1, 0.15) is 37.7 Å². The highest BCUT2D eigenvalue weighted by Crippen LogP contribution is 2.49. The van der Waals surface area contributed by atoms with Crippen molar-refractivity contribution in [1.29, 1.82) is 0 Å². The fourth-order valence-corrected chi connectivity index (χ4v) is 4.54. The van der Waals surface area contributed by atoms with E-state index in [0.717, 1.165) is 12.0 Å². The number of amides is 3. The van der Waals surface area contributed by atoms with E-state index in [0.29, 0.717) is 38.2 Å². The molecule has 2 N–H and O–H groups in total. The lowest BCUT2D eigenvalue weighted by Crippen LogP contribution is -2.65. The van der Waals surface area contributed by atoms with Crippen molar-refractivity contribution < 1.29 is 19.1 Å². The molecule has 1 aromatic carbocycles. The number of primary amides is 1. The number of nitrogens with zero attached hydrogens (tertiary/aromatic N) is 2. The van der Waals surface area contributed by atoms with E-state index in [4.69, 9.17) is 10.5 Å². The molecule has 0 saturated carbocycles. The van der Waals surface area contributed by atoms with Gasteiger partial charge in [-0.1, -0.05) is 18.2 Å². The predicted molar refractivity (Wildman–Crippen MR) is 93.0 cm³/mol. The molecule has 7 nitrogen and oxygen atoms in total. The SMILES string of the molecule is C[C@@]12C[C@@H](c3ccccc3O1)[C@H](C(N)=O)C(=O)N2CCN1CCCC1=O. The molecule has 0 aliphatic carbocycles. The van der Waals surface area contributed by atoms with Gasteiger partial charge < -0.3 is 20.3 Å². The number of rotatable bonds is 4. The maximum Gasteiger partial charge on any atom is 0.238 e. The molecule has 3 aliphatic heterocycles. The normalized spacial score (nSPS) is 30.2. The van der Waals surface area contributed by atoms with E-state index < -0.39 is 17.6 Å². The maximum atomic E-state index is 13.1. The Morgan fingerprint density at radius 1 is 1.31 bits per heavy atom. The fraction of sp³-hybridized carbons (Fsp3) is 0.526.